The third-order valence-electron chi connectivity index (χ3n) is 5.39. The minimum Gasteiger partial charge on any atom is -0.304 e. The summed E-state index contributed by atoms with van der Waals surface area (Å²) >= 11 is 0. The summed E-state index contributed by atoms with van der Waals surface area (Å²) in [5.74, 6) is 0. The predicted octanol–water partition coefficient (Wildman–Crippen LogP) is 2.25. The van der Waals surface area contributed by atoms with Gasteiger partial charge in [0, 0.05) is 37.1 Å². The molecule has 1 aliphatic carbocycles. The second kappa shape index (κ2) is 5.51. The Kier molecular flexibility index (Phi) is 3.26. The van der Waals surface area contributed by atoms with E-state index in [1.54, 1.807) is 4.68 Å². The van der Waals surface area contributed by atoms with Crippen molar-refractivity contribution in [1.82, 2.24) is 19.6 Å². The van der Waals surface area contributed by atoms with E-state index in [4.69, 9.17) is 5.10 Å². The Labute approximate surface area is 146 Å². The van der Waals surface area contributed by atoms with Crippen LogP contribution in [0.2, 0.25) is 0 Å². The van der Waals surface area contributed by atoms with Gasteiger partial charge >= 0.3 is 0 Å². The Morgan fingerprint density at radius 2 is 1.64 bits per heavy atom. The fourth-order valence-electron chi connectivity index (χ4n) is 3.95. The van der Waals surface area contributed by atoms with Crippen LogP contribution in [-0.2, 0) is 6.67 Å². The molecule has 1 fully saturated rings. The molecule has 2 aromatic carbocycles. The maximum Gasteiger partial charge on any atom is 0.275 e. The molecule has 0 radical (unpaired) electrons. The predicted molar refractivity (Wildman–Crippen MR) is 99.5 cm³/mol. The van der Waals surface area contributed by atoms with E-state index in [1.165, 1.54) is 5.56 Å². The molecular formula is C20H20N4O. The topological polar surface area (TPSA) is 41.4 Å². The summed E-state index contributed by atoms with van der Waals surface area (Å²) in [6.45, 7) is 4.55. The average Bonchev–Trinajstić information content (AvgIpc) is 2.96. The van der Waals surface area contributed by atoms with Gasteiger partial charge in [0.2, 0.25) is 0 Å². The summed E-state index contributed by atoms with van der Waals surface area (Å²) in [4.78, 5) is 17.6. The SMILES string of the molecule is CN1CCN(Cn2nc3c4c(cccc4c2=O)-c2ccccc2-3)CC1. The van der Waals surface area contributed by atoms with Gasteiger partial charge in [-0.15, -0.1) is 0 Å². The van der Waals surface area contributed by atoms with Crippen LogP contribution in [0.25, 0.3) is 33.2 Å². The zero-order chi connectivity index (χ0) is 17.0. The molecule has 0 amide bonds. The molecule has 0 spiro atoms. The van der Waals surface area contributed by atoms with E-state index >= 15 is 0 Å². The van der Waals surface area contributed by atoms with Crippen molar-refractivity contribution in [3.8, 4) is 22.4 Å². The Hall–Kier alpha value is -2.50. The second-order valence-corrected chi connectivity index (χ2v) is 6.99. The quantitative estimate of drug-likeness (QED) is 0.565. The van der Waals surface area contributed by atoms with Crippen LogP contribution in [0.5, 0.6) is 0 Å². The van der Waals surface area contributed by atoms with Crippen molar-refractivity contribution < 1.29 is 0 Å². The molecule has 1 saturated heterocycles. The maximum atomic E-state index is 13.0. The molecule has 0 saturated carbocycles. The fourth-order valence-corrected chi connectivity index (χ4v) is 3.95. The summed E-state index contributed by atoms with van der Waals surface area (Å²) in [7, 11) is 2.14. The molecular weight excluding hydrogens is 312 g/mol. The molecule has 0 N–H and O–H groups in total. The van der Waals surface area contributed by atoms with Gasteiger partial charge in [-0.1, -0.05) is 36.4 Å². The highest BCUT2D eigenvalue weighted by Crippen LogP contribution is 2.44. The highest BCUT2D eigenvalue weighted by molar-refractivity contribution is 6.13. The number of nitrogens with zero attached hydrogens (tertiary/aromatic N) is 4. The monoisotopic (exact) mass is 332 g/mol. The van der Waals surface area contributed by atoms with E-state index < -0.39 is 0 Å². The summed E-state index contributed by atoms with van der Waals surface area (Å²) in [6.07, 6.45) is 0. The van der Waals surface area contributed by atoms with E-state index in [0.29, 0.717) is 6.67 Å². The molecule has 3 aromatic rings. The first-order chi connectivity index (χ1) is 12.2. The minimum absolute atomic E-state index is 0.00679. The molecule has 126 valence electrons. The number of piperazine rings is 1. The smallest absolute Gasteiger partial charge is 0.275 e. The molecule has 1 aromatic heterocycles. The molecule has 5 heteroatoms. The van der Waals surface area contributed by atoms with Gasteiger partial charge in [0.15, 0.2) is 0 Å². The molecule has 2 heterocycles. The standard InChI is InChI=1S/C20H20N4O/c1-22-9-11-23(12-10-22)13-24-20(25)17-8-4-7-15-14-5-2-3-6-16(14)19(21-24)18(15)17/h2-8H,9-13H2,1H3. The Morgan fingerprint density at radius 1 is 0.920 bits per heavy atom. The number of hydrogen-bond donors (Lipinski definition) is 0. The van der Waals surface area contributed by atoms with Crippen molar-refractivity contribution in [2.75, 3.05) is 33.2 Å². The number of benzene rings is 2. The van der Waals surface area contributed by atoms with Gasteiger partial charge in [0.25, 0.3) is 5.56 Å². The van der Waals surface area contributed by atoms with Crippen molar-refractivity contribution >= 4 is 10.8 Å². The third kappa shape index (κ3) is 2.23. The van der Waals surface area contributed by atoms with Crippen molar-refractivity contribution in [3.63, 3.8) is 0 Å². The van der Waals surface area contributed by atoms with Gasteiger partial charge in [-0.2, -0.15) is 5.10 Å². The lowest BCUT2D eigenvalue weighted by Gasteiger charge is -2.32. The number of fused-ring (bicyclic) bond motifs is 3. The molecule has 1 aliphatic heterocycles. The summed E-state index contributed by atoms with van der Waals surface area (Å²) in [6, 6.07) is 14.3. The van der Waals surface area contributed by atoms with Crippen molar-refractivity contribution in [2.45, 2.75) is 6.67 Å². The van der Waals surface area contributed by atoms with E-state index in [-0.39, 0.29) is 5.56 Å². The zero-order valence-electron chi connectivity index (χ0n) is 14.3. The van der Waals surface area contributed by atoms with E-state index in [0.717, 1.165) is 53.8 Å². The van der Waals surface area contributed by atoms with Crippen LogP contribution in [0.15, 0.2) is 47.3 Å². The second-order valence-electron chi connectivity index (χ2n) is 6.99. The molecule has 0 bridgehead atoms. The van der Waals surface area contributed by atoms with Gasteiger partial charge in [0.1, 0.15) is 5.69 Å². The van der Waals surface area contributed by atoms with E-state index in [2.05, 4.69) is 35.0 Å². The van der Waals surface area contributed by atoms with E-state index in [1.807, 2.05) is 24.3 Å². The molecule has 5 nitrogen and oxygen atoms in total. The van der Waals surface area contributed by atoms with Crippen LogP contribution in [-0.4, -0.2) is 52.8 Å². The van der Waals surface area contributed by atoms with Gasteiger partial charge in [-0.25, -0.2) is 4.68 Å². The van der Waals surface area contributed by atoms with Crippen LogP contribution in [0.3, 0.4) is 0 Å². The lowest BCUT2D eigenvalue weighted by molar-refractivity contribution is 0.118. The highest BCUT2D eigenvalue weighted by atomic mass is 16.1. The summed E-state index contributed by atoms with van der Waals surface area (Å²) in [5.41, 5.74) is 4.37. The average molecular weight is 332 g/mol. The lowest BCUT2D eigenvalue weighted by atomic mass is 10.0. The van der Waals surface area contributed by atoms with Crippen LogP contribution >= 0.6 is 0 Å². The molecule has 5 rings (SSSR count). The number of rotatable bonds is 2. The zero-order valence-corrected chi connectivity index (χ0v) is 14.3. The van der Waals surface area contributed by atoms with Crippen molar-refractivity contribution in [2.24, 2.45) is 0 Å². The first-order valence-corrected chi connectivity index (χ1v) is 8.77. The summed E-state index contributed by atoms with van der Waals surface area (Å²) in [5, 5.41) is 6.55. The Morgan fingerprint density at radius 3 is 2.44 bits per heavy atom. The molecule has 0 atom stereocenters. The van der Waals surface area contributed by atoms with E-state index in [9.17, 15) is 4.79 Å². The van der Waals surface area contributed by atoms with Crippen molar-refractivity contribution in [3.05, 3.63) is 52.8 Å². The number of hydrogen-bond acceptors (Lipinski definition) is 4. The maximum absolute atomic E-state index is 13.0. The minimum atomic E-state index is 0.00679. The van der Waals surface area contributed by atoms with Gasteiger partial charge in [0.05, 0.1) is 12.1 Å². The van der Waals surface area contributed by atoms with Gasteiger partial charge in [-0.05, 0) is 24.2 Å². The van der Waals surface area contributed by atoms with Gasteiger partial charge in [-0.3, -0.25) is 9.69 Å². The largest absolute Gasteiger partial charge is 0.304 e. The molecule has 25 heavy (non-hydrogen) atoms. The van der Waals surface area contributed by atoms with Crippen LogP contribution in [0.4, 0.5) is 0 Å². The van der Waals surface area contributed by atoms with Crippen LogP contribution in [0.1, 0.15) is 0 Å². The Balaban J connectivity index is 1.65. The van der Waals surface area contributed by atoms with Crippen LogP contribution < -0.4 is 5.56 Å². The molecule has 2 aliphatic rings. The Bertz CT molecular complexity index is 1030. The normalized spacial score (nSPS) is 17.2. The van der Waals surface area contributed by atoms with Crippen LogP contribution in [0, 0.1) is 0 Å². The third-order valence-corrected chi connectivity index (χ3v) is 5.39. The molecule has 0 unspecified atom stereocenters. The number of likely N-dealkylation sites (N-methyl/N-ethyl adjacent to an activating group) is 1. The first kappa shape index (κ1) is 14.8. The summed E-state index contributed by atoms with van der Waals surface area (Å²) < 4.78 is 1.65. The van der Waals surface area contributed by atoms with Crippen molar-refractivity contribution in [1.29, 1.82) is 0 Å². The van der Waals surface area contributed by atoms with Gasteiger partial charge < -0.3 is 4.90 Å². The fraction of sp³-hybridized carbons (Fsp3) is 0.300. The highest BCUT2D eigenvalue weighted by Gasteiger charge is 2.25. The lowest BCUT2D eigenvalue weighted by Crippen LogP contribution is -2.46. The first-order valence-electron chi connectivity index (χ1n) is 8.77. The number of aromatic nitrogens is 2.